The summed E-state index contributed by atoms with van der Waals surface area (Å²) in [6.07, 6.45) is 3.04. The first-order chi connectivity index (χ1) is 11.2. The van der Waals surface area contributed by atoms with Crippen LogP contribution < -0.4 is 0 Å². The van der Waals surface area contributed by atoms with Gasteiger partial charge in [-0.25, -0.2) is 4.79 Å². The molecule has 3 rings (SSSR count). The molecule has 0 bridgehead atoms. The minimum absolute atomic E-state index is 0.0580. The van der Waals surface area contributed by atoms with Crippen LogP contribution in [0.15, 0.2) is 56.9 Å². The number of aromatic nitrogens is 2. The lowest BCUT2D eigenvalue weighted by Crippen LogP contribution is -2.00. The zero-order valence-electron chi connectivity index (χ0n) is 11.8. The summed E-state index contributed by atoms with van der Waals surface area (Å²) in [5.41, 5.74) is 0.891. The van der Waals surface area contributed by atoms with E-state index in [1.807, 2.05) is 41.8 Å². The summed E-state index contributed by atoms with van der Waals surface area (Å²) in [5.74, 6) is 0.280. The second-order valence-electron chi connectivity index (χ2n) is 4.45. The van der Waals surface area contributed by atoms with Crippen molar-refractivity contribution in [2.24, 2.45) is 0 Å². The summed E-state index contributed by atoms with van der Waals surface area (Å²) in [4.78, 5) is 16.8. The van der Waals surface area contributed by atoms with E-state index in [1.165, 1.54) is 17.4 Å². The number of benzene rings is 1. The highest BCUT2D eigenvalue weighted by molar-refractivity contribution is 9.10. The van der Waals surface area contributed by atoms with E-state index in [2.05, 4.69) is 26.1 Å². The third kappa shape index (κ3) is 4.14. The highest BCUT2D eigenvalue weighted by atomic mass is 79.9. The van der Waals surface area contributed by atoms with E-state index in [0.717, 1.165) is 14.9 Å². The summed E-state index contributed by atoms with van der Waals surface area (Å²) in [6.45, 7) is -0.0580. The fourth-order valence-electron chi connectivity index (χ4n) is 1.77. The molecule has 0 unspecified atom stereocenters. The Kier molecular flexibility index (Phi) is 4.99. The molecule has 0 aliphatic carbocycles. The Hall–Kier alpha value is -2.25. The molecule has 0 aliphatic rings. The molecule has 23 heavy (non-hydrogen) atoms. The molecule has 5 nitrogen and oxygen atoms in total. The smallest absolute Gasteiger partial charge is 0.331 e. The van der Waals surface area contributed by atoms with Gasteiger partial charge in [0.05, 0.1) is 4.88 Å². The van der Waals surface area contributed by atoms with Gasteiger partial charge in [-0.05, 0) is 29.2 Å². The van der Waals surface area contributed by atoms with Crippen LogP contribution >= 0.6 is 27.3 Å². The molecule has 0 radical (unpaired) electrons. The van der Waals surface area contributed by atoms with Crippen LogP contribution in [0, 0.1) is 0 Å². The number of thiophene rings is 1. The zero-order valence-corrected chi connectivity index (χ0v) is 14.2. The van der Waals surface area contributed by atoms with Crippen LogP contribution in [-0.4, -0.2) is 16.1 Å². The molecule has 2 heterocycles. The van der Waals surface area contributed by atoms with Crippen LogP contribution in [0.4, 0.5) is 0 Å². The van der Waals surface area contributed by atoms with Crippen molar-refractivity contribution in [2.45, 2.75) is 6.61 Å². The van der Waals surface area contributed by atoms with Crippen LogP contribution in [-0.2, 0) is 16.1 Å². The molecule has 0 amide bonds. The molecule has 0 fully saturated rings. The van der Waals surface area contributed by atoms with Gasteiger partial charge in [-0.3, -0.25) is 0 Å². The van der Waals surface area contributed by atoms with Gasteiger partial charge in [-0.2, -0.15) is 4.98 Å². The summed E-state index contributed by atoms with van der Waals surface area (Å²) in [6, 6.07) is 11.4. The van der Waals surface area contributed by atoms with E-state index < -0.39 is 5.97 Å². The molecule has 116 valence electrons. The summed E-state index contributed by atoms with van der Waals surface area (Å²) >= 11 is 4.92. The molecule has 0 spiro atoms. The Bertz CT molecular complexity index is 827. The summed E-state index contributed by atoms with van der Waals surface area (Å²) in [7, 11) is 0. The predicted molar refractivity (Wildman–Crippen MR) is 90.6 cm³/mol. The summed E-state index contributed by atoms with van der Waals surface area (Å²) in [5, 5.41) is 5.78. The number of hydrogen-bond donors (Lipinski definition) is 0. The number of halogens is 1. The first-order valence-corrected chi connectivity index (χ1v) is 8.35. The Morgan fingerprint density at radius 2 is 2.17 bits per heavy atom. The topological polar surface area (TPSA) is 65.2 Å². The van der Waals surface area contributed by atoms with Gasteiger partial charge in [0.15, 0.2) is 6.61 Å². The lowest BCUT2D eigenvalue weighted by atomic mass is 10.2. The van der Waals surface area contributed by atoms with Crippen molar-refractivity contribution in [3.63, 3.8) is 0 Å². The Balaban J connectivity index is 1.56. The quantitative estimate of drug-likeness (QED) is 0.479. The van der Waals surface area contributed by atoms with E-state index in [1.54, 1.807) is 6.08 Å². The van der Waals surface area contributed by atoms with Gasteiger partial charge in [0, 0.05) is 10.5 Å². The molecule has 0 atom stereocenters. The first kappa shape index (κ1) is 15.6. The Morgan fingerprint density at radius 1 is 1.30 bits per heavy atom. The number of nitrogens with zero attached hydrogens (tertiary/aromatic N) is 2. The van der Waals surface area contributed by atoms with Gasteiger partial charge in [0.1, 0.15) is 0 Å². The van der Waals surface area contributed by atoms with Crippen molar-refractivity contribution in [2.75, 3.05) is 0 Å². The highest BCUT2D eigenvalue weighted by Gasteiger charge is 2.10. The number of hydrogen-bond acceptors (Lipinski definition) is 6. The fourth-order valence-corrected chi connectivity index (χ4v) is 2.83. The fraction of sp³-hybridized carbons (Fsp3) is 0.0625. The van der Waals surface area contributed by atoms with Crippen molar-refractivity contribution in [1.29, 1.82) is 0 Å². The maximum Gasteiger partial charge on any atom is 0.331 e. The Morgan fingerprint density at radius 3 is 2.96 bits per heavy atom. The van der Waals surface area contributed by atoms with Gasteiger partial charge in [0.25, 0.3) is 5.89 Å². The maximum absolute atomic E-state index is 11.7. The van der Waals surface area contributed by atoms with Crippen molar-refractivity contribution in [3.05, 3.63) is 63.8 Å². The first-order valence-electron chi connectivity index (χ1n) is 6.68. The molecule has 0 saturated heterocycles. The molecule has 2 aromatic heterocycles. The van der Waals surface area contributed by atoms with Crippen molar-refractivity contribution >= 4 is 39.3 Å². The lowest BCUT2D eigenvalue weighted by molar-refractivity contribution is -0.139. The van der Waals surface area contributed by atoms with E-state index in [9.17, 15) is 4.79 Å². The minimum Gasteiger partial charge on any atom is -0.452 e. The van der Waals surface area contributed by atoms with E-state index >= 15 is 0 Å². The molecule has 0 N–H and O–H groups in total. The van der Waals surface area contributed by atoms with E-state index in [-0.39, 0.29) is 12.5 Å². The largest absolute Gasteiger partial charge is 0.452 e. The van der Waals surface area contributed by atoms with Crippen LogP contribution in [0.3, 0.4) is 0 Å². The van der Waals surface area contributed by atoms with Crippen molar-refractivity contribution < 1.29 is 14.1 Å². The molecule has 0 aliphatic heterocycles. The molecule has 1 aromatic carbocycles. The van der Waals surface area contributed by atoms with Gasteiger partial charge in [0.2, 0.25) is 5.82 Å². The standard InChI is InChI=1S/C16H11BrN2O3S/c17-12-5-2-1-4-11(12)7-8-15(20)21-10-14-18-16(19-22-14)13-6-3-9-23-13/h1-9H,10H2/b8-7+. The average Bonchev–Trinajstić information content (AvgIpc) is 3.23. The molecule has 0 saturated carbocycles. The van der Waals surface area contributed by atoms with Crippen LogP contribution in [0.25, 0.3) is 16.8 Å². The van der Waals surface area contributed by atoms with Crippen LogP contribution in [0.2, 0.25) is 0 Å². The number of carbonyl (C=O) groups excluding carboxylic acids is 1. The van der Waals surface area contributed by atoms with Gasteiger partial charge < -0.3 is 9.26 Å². The monoisotopic (exact) mass is 390 g/mol. The average molecular weight is 391 g/mol. The molecule has 3 aromatic rings. The van der Waals surface area contributed by atoms with Crippen molar-refractivity contribution in [3.8, 4) is 10.7 Å². The highest BCUT2D eigenvalue weighted by Crippen LogP contribution is 2.21. The van der Waals surface area contributed by atoms with Crippen LogP contribution in [0.5, 0.6) is 0 Å². The third-order valence-corrected chi connectivity index (χ3v) is 4.44. The van der Waals surface area contributed by atoms with Gasteiger partial charge in [-0.15, -0.1) is 11.3 Å². The number of rotatable bonds is 5. The summed E-state index contributed by atoms with van der Waals surface area (Å²) < 4.78 is 11.0. The van der Waals surface area contributed by atoms with Gasteiger partial charge in [-0.1, -0.05) is 45.4 Å². The third-order valence-electron chi connectivity index (χ3n) is 2.85. The minimum atomic E-state index is -0.475. The lowest BCUT2D eigenvalue weighted by Gasteiger charge is -1.98. The van der Waals surface area contributed by atoms with E-state index in [4.69, 9.17) is 9.26 Å². The zero-order chi connectivity index (χ0) is 16.1. The molecular weight excluding hydrogens is 380 g/mol. The molecular formula is C16H11BrN2O3S. The number of ether oxygens (including phenoxy) is 1. The van der Waals surface area contributed by atoms with Crippen LogP contribution in [0.1, 0.15) is 11.5 Å². The SMILES string of the molecule is O=C(/C=C/c1ccccc1Br)OCc1nc(-c2cccs2)no1. The maximum atomic E-state index is 11.7. The second-order valence-corrected chi connectivity index (χ2v) is 6.25. The number of esters is 1. The number of carbonyl (C=O) groups is 1. The van der Waals surface area contributed by atoms with E-state index in [0.29, 0.717) is 5.82 Å². The van der Waals surface area contributed by atoms with Gasteiger partial charge >= 0.3 is 5.97 Å². The van der Waals surface area contributed by atoms with Crippen molar-refractivity contribution in [1.82, 2.24) is 10.1 Å². The Labute approximate surface area is 144 Å². The predicted octanol–water partition coefficient (Wildman–Crippen LogP) is 4.32. The molecule has 7 heteroatoms. The normalized spacial score (nSPS) is 11.0. The second kappa shape index (κ2) is 7.34.